The zero-order valence-electron chi connectivity index (χ0n) is 12.1. The van der Waals surface area contributed by atoms with E-state index < -0.39 is 12.1 Å². The van der Waals surface area contributed by atoms with Crippen molar-refractivity contribution < 1.29 is 9.59 Å². The molecule has 6 heteroatoms. The Morgan fingerprint density at radius 1 is 1.05 bits per heavy atom. The van der Waals surface area contributed by atoms with Gasteiger partial charge in [0, 0.05) is 15.5 Å². The molecule has 0 saturated heterocycles. The molecule has 0 spiro atoms. The maximum absolute atomic E-state index is 11.9. The van der Waals surface area contributed by atoms with Gasteiger partial charge in [-0.3, -0.25) is 4.79 Å². The molecule has 3 amide bonds. The van der Waals surface area contributed by atoms with Crippen LogP contribution in [0.3, 0.4) is 0 Å². The highest BCUT2D eigenvalue weighted by molar-refractivity contribution is 7.99. The summed E-state index contributed by atoms with van der Waals surface area (Å²) in [4.78, 5) is 24.8. The van der Waals surface area contributed by atoms with E-state index in [-0.39, 0.29) is 5.91 Å². The minimum atomic E-state index is -0.726. The molecule has 0 saturated carbocycles. The van der Waals surface area contributed by atoms with Crippen molar-refractivity contribution in [1.82, 2.24) is 5.32 Å². The molecule has 1 atom stereocenters. The molecule has 0 fully saturated rings. The third-order valence-electron chi connectivity index (χ3n) is 2.83. The van der Waals surface area contributed by atoms with Gasteiger partial charge >= 0.3 is 6.03 Å². The largest absolute Gasteiger partial charge is 0.352 e. The molecule has 114 valence electrons. The Hall–Kier alpha value is -2.47. The lowest BCUT2D eigenvalue weighted by atomic mass is 10.2. The van der Waals surface area contributed by atoms with Gasteiger partial charge < -0.3 is 16.4 Å². The molecule has 0 aliphatic rings. The van der Waals surface area contributed by atoms with Gasteiger partial charge in [0.05, 0.1) is 0 Å². The van der Waals surface area contributed by atoms with Crippen molar-refractivity contribution in [2.24, 2.45) is 5.73 Å². The Morgan fingerprint density at radius 2 is 1.73 bits per heavy atom. The second-order valence-corrected chi connectivity index (χ2v) is 5.81. The smallest absolute Gasteiger partial charge is 0.312 e. The lowest BCUT2D eigenvalue weighted by Gasteiger charge is -2.13. The normalized spacial score (nSPS) is 11.5. The second kappa shape index (κ2) is 7.51. The zero-order chi connectivity index (χ0) is 15.9. The monoisotopic (exact) mass is 315 g/mol. The van der Waals surface area contributed by atoms with Gasteiger partial charge in [0.15, 0.2) is 0 Å². The number of primary amides is 1. The number of benzene rings is 2. The van der Waals surface area contributed by atoms with E-state index in [4.69, 9.17) is 5.73 Å². The first-order chi connectivity index (χ1) is 10.5. The summed E-state index contributed by atoms with van der Waals surface area (Å²) < 4.78 is 0. The van der Waals surface area contributed by atoms with Crippen molar-refractivity contribution in [2.75, 3.05) is 5.32 Å². The number of urea groups is 1. The lowest BCUT2D eigenvalue weighted by Crippen LogP contribution is -2.44. The number of carbonyl (C=O) groups is 2. The van der Waals surface area contributed by atoms with Crippen LogP contribution in [0.4, 0.5) is 10.5 Å². The van der Waals surface area contributed by atoms with Crippen molar-refractivity contribution in [3.8, 4) is 0 Å². The van der Waals surface area contributed by atoms with E-state index in [0.717, 1.165) is 9.79 Å². The topological polar surface area (TPSA) is 84.2 Å². The van der Waals surface area contributed by atoms with Crippen LogP contribution in [-0.2, 0) is 4.79 Å². The summed E-state index contributed by atoms with van der Waals surface area (Å²) in [6, 6.07) is 16.1. The van der Waals surface area contributed by atoms with E-state index in [2.05, 4.69) is 10.6 Å². The number of nitrogens with one attached hydrogen (secondary N) is 2. The zero-order valence-corrected chi connectivity index (χ0v) is 12.9. The molecular formula is C16H17N3O2S. The first kappa shape index (κ1) is 15.9. The summed E-state index contributed by atoms with van der Waals surface area (Å²) in [5.74, 6) is -0.319. The molecule has 0 aromatic heterocycles. The number of amides is 3. The summed E-state index contributed by atoms with van der Waals surface area (Å²) in [6.07, 6.45) is 0. The van der Waals surface area contributed by atoms with Gasteiger partial charge in [0.25, 0.3) is 0 Å². The first-order valence-electron chi connectivity index (χ1n) is 6.74. The summed E-state index contributed by atoms with van der Waals surface area (Å²) in [7, 11) is 0. The number of nitrogens with two attached hydrogens (primary N) is 1. The van der Waals surface area contributed by atoms with Gasteiger partial charge in [-0.2, -0.15) is 0 Å². The van der Waals surface area contributed by atoms with Crippen LogP contribution in [0.15, 0.2) is 64.4 Å². The van der Waals surface area contributed by atoms with Crippen molar-refractivity contribution in [3.05, 3.63) is 54.6 Å². The fourth-order valence-electron chi connectivity index (χ4n) is 1.79. The average Bonchev–Trinajstić information content (AvgIpc) is 2.48. The fourth-order valence-corrected chi connectivity index (χ4v) is 2.69. The highest BCUT2D eigenvalue weighted by Gasteiger charge is 2.14. The molecule has 2 aromatic carbocycles. The first-order valence-corrected chi connectivity index (χ1v) is 7.56. The Bertz CT molecular complexity index is 661. The molecule has 0 radical (unpaired) electrons. The predicted octanol–water partition coefficient (Wildman–Crippen LogP) is 2.83. The maximum atomic E-state index is 11.9. The maximum Gasteiger partial charge on any atom is 0.312 e. The molecule has 0 aliphatic heterocycles. The van der Waals surface area contributed by atoms with Gasteiger partial charge in [-0.05, 0) is 37.3 Å². The van der Waals surface area contributed by atoms with Crippen LogP contribution in [0.2, 0.25) is 0 Å². The van der Waals surface area contributed by atoms with Gasteiger partial charge in [-0.15, -0.1) is 0 Å². The van der Waals surface area contributed by atoms with E-state index in [1.165, 1.54) is 0 Å². The highest BCUT2D eigenvalue weighted by atomic mass is 32.2. The Kier molecular flexibility index (Phi) is 5.43. The predicted molar refractivity (Wildman–Crippen MR) is 87.8 cm³/mol. The molecule has 0 aliphatic carbocycles. The Labute approximate surface area is 133 Å². The second-order valence-electron chi connectivity index (χ2n) is 4.66. The summed E-state index contributed by atoms with van der Waals surface area (Å²) >= 11 is 1.61. The van der Waals surface area contributed by atoms with Crippen LogP contribution in [0.1, 0.15) is 6.92 Å². The van der Waals surface area contributed by atoms with Crippen LogP contribution < -0.4 is 16.4 Å². The molecule has 0 bridgehead atoms. The van der Waals surface area contributed by atoms with Crippen molar-refractivity contribution in [2.45, 2.75) is 22.8 Å². The average molecular weight is 315 g/mol. The third kappa shape index (κ3) is 4.82. The summed E-state index contributed by atoms with van der Waals surface area (Å²) in [5, 5.41) is 5.09. The Morgan fingerprint density at radius 3 is 2.41 bits per heavy atom. The number of hydrogen-bond donors (Lipinski definition) is 3. The van der Waals surface area contributed by atoms with Gasteiger partial charge in [-0.1, -0.05) is 36.0 Å². The molecular weight excluding hydrogens is 298 g/mol. The Balaban J connectivity index is 2.02. The van der Waals surface area contributed by atoms with E-state index in [0.29, 0.717) is 5.69 Å². The van der Waals surface area contributed by atoms with E-state index in [1.807, 2.05) is 48.5 Å². The standard InChI is InChI=1S/C16H17N3O2S/c1-11(18-16(17)21)15(20)19-12-6-5-9-14(10-12)22-13-7-3-2-4-8-13/h2-11H,1H3,(H,19,20)(H3,17,18,21). The molecule has 0 heterocycles. The van der Waals surface area contributed by atoms with Crippen LogP contribution in [0.25, 0.3) is 0 Å². The molecule has 4 N–H and O–H groups in total. The molecule has 22 heavy (non-hydrogen) atoms. The third-order valence-corrected chi connectivity index (χ3v) is 3.83. The highest BCUT2D eigenvalue weighted by Crippen LogP contribution is 2.29. The molecule has 2 aromatic rings. The lowest BCUT2D eigenvalue weighted by molar-refractivity contribution is -0.117. The van der Waals surface area contributed by atoms with Crippen LogP contribution in [-0.4, -0.2) is 18.0 Å². The van der Waals surface area contributed by atoms with Gasteiger partial charge in [0.2, 0.25) is 5.91 Å². The van der Waals surface area contributed by atoms with E-state index in [9.17, 15) is 9.59 Å². The number of carbonyl (C=O) groups excluding carboxylic acids is 2. The van der Waals surface area contributed by atoms with Gasteiger partial charge in [0.1, 0.15) is 6.04 Å². The number of rotatable bonds is 5. The fraction of sp³-hybridized carbons (Fsp3) is 0.125. The van der Waals surface area contributed by atoms with E-state index >= 15 is 0 Å². The van der Waals surface area contributed by atoms with E-state index in [1.54, 1.807) is 24.8 Å². The van der Waals surface area contributed by atoms with Gasteiger partial charge in [-0.25, -0.2) is 4.79 Å². The van der Waals surface area contributed by atoms with Crippen LogP contribution >= 0.6 is 11.8 Å². The molecule has 1 unspecified atom stereocenters. The number of hydrogen-bond acceptors (Lipinski definition) is 3. The quantitative estimate of drug-likeness (QED) is 0.793. The minimum absolute atomic E-state index is 0.319. The van der Waals surface area contributed by atoms with Crippen LogP contribution in [0.5, 0.6) is 0 Å². The number of anilines is 1. The molecule has 2 rings (SSSR count). The SMILES string of the molecule is CC(NC(N)=O)C(=O)Nc1cccc(Sc2ccccc2)c1. The summed E-state index contributed by atoms with van der Waals surface area (Å²) in [5.41, 5.74) is 5.67. The van der Waals surface area contributed by atoms with Crippen molar-refractivity contribution in [3.63, 3.8) is 0 Å². The molecule has 5 nitrogen and oxygen atoms in total. The van der Waals surface area contributed by atoms with Crippen molar-refractivity contribution >= 4 is 29.4 Å². The summed E-state index contributed by atoms with van der Waals surface area (Å²) in [6.45, 7) is 1.57. The van der Waals surface area contributed by atoms with Crippen LogP contribution in [0, 0.1) is 0 Å². The van der Waals surface area contributed by atoms with Crippen molar-refractivity contribution in [1.29, 1.82) is 0 Å². The minimum Gasteiger partial charge on any atom is -0.352 e.